The smallest absolute Gasteiger partial charge is 0.291 e. The molecule has 0 bridgehead atoms. The maximum Gasteiger partial charge on any atom is 0.291 e. The van der Waals surface area contributed by atoms with Crippen LogP contribution in [0.3, 0.4) is 0 Å². The van der Waals surface area contributed by atoms with Gasteiger partial charge in [-0.05, 0) is 17.7 Å². The van der Waals surface area contributed by atoms with Gasteiger partial charge in [-0.3, -0.25) is 9.69 Å². The zero-order valence-corrected chi connectivity index (χ0v) is 19.0. The van der Waals surface area contributed by atoms with Gasteiger partial charge in [0.15, 0.2) is 0 Å². The van der Waals surface area contributed by atoms with Gasteiger partial charge in [-0.2, -0.15) is 5.10 Å². The third-order valence-corrected chi connectivity index (χ3v) is 5.90. The van der Waals surface area contributed by atoms with Gasteiger partial charge in [0, 0.05) is 46.3 Å². The van der Waals surface area contributed by atoms with E-state index in [2.05, 4.69) is 32.3 Å². The molecule has 1 saturated heterocycles. The Hall–Kier alpha value is -3.03. The molecule has 1 aliphatic heterocycles. The molecule has 0 atom stereocenters. The standard InChI is InChI=1S/C24H28ClN5O2/c1-28-24(31)23(20(25)17-27-28)30-15-13-29(14-16-30)12-11-26-21-9-5-6-10-22(21)32-18-19-7-3-2-4-8-19/h2-10,17,26H,11-16,18H2,1H3. The highest BCUT2D eigenvalue weighted by molar-refractivity contribution is 6.33. The minimum Gasteiger partial charge on any atom is -0.487 e. The van der Waals surface area contributed by atoms with Crippen LogP contribution in [-0.4, -0.2) is 53.9 Å². The van der Waals surface area contributed by atoms with E-state index >= 15 is 0 Å². The Morgan fingerprint density at radius 2 is 1.75 bits per heavy atom. The van der Waals surface area contributed by atoms with E-state index in [9.17, 15) is 4.79 Å². The molecule has 3 aromatic rings. The Morgan fingerprint density at radius 1 is 1.03 bits per heavy atom. The minimum atomic E-state index is -0.153. The first-order valence-corrected chi connectivity index (χ1v) is 11.2. The van der Waals surface area contributed by atoms with Gasteiger partial charge in [0.25, 0.3) is 5.56 Å². The molecule has 2 heterocycles. The second-order valence-corrected chi connectivity index (χ2v) is 8.20. The van der Waals surface area contributed by atoms with Crippen molar-refractivity contribution in [2.24, 2.45) is 7.05 Å². The summed E-state index contributed by atoms with van der Waals surface area (Å²) in [7, 11) is 1.64. The summed E-state index contributed by atoms with van der Waals surface area (Å²) in [6, 6.07) is 18.2. The molecule has 1 aromatic heterocycles. The second-order valence-electron chi connectivity index (χ2n) is 7.80. The molecule has 0 spiro atoms. The van der Waals surface area contributed by atoms with Crippen molar-refractivity contribution in [2.45, 2.75) is 6.61 Å². The number of halogens is 1. The molecule has 1 fully saturated rings. The van der Waals surface area contributed by atoms with E-state index in [1.165, 1.54) is 10.9 Å². The predicted molar refractivity (Wildman–Crippen MR) is 129 cm³/mol. The number of anilines is 2. The van der Waals surface area contributed by atoms with Crippen LogP contribution in [0.25, 0.3) is 0 Å². The van der Waals surface area contributed by atoms with E-state index < -0.39 is 0 Å². The first-order valence-electron chi connectivity index (χ1n) is 10.8. The topological polar surface area (TPSA) is 62.6 Å². The molecule has 1 aliphatic rings. The summed E-state index contributed by atoms with van der Waals surface area (Å²) in [6.45, 7) is 5.52. The van der Waals surface area contributed by atoms with E-state index in [-0.39, 0.29) is 5.56 Å². The average molecular weight is 454 g/mol. The van der Waals surface area contributed by atoms with Crippen LogP contribution >= 0.6 is 11.6 Å². The minimum absolute atomic E-state index is 0.153. The molecule has 168 valence electrons. The molecule has 0 aliphatic carbocycles. The number of aromatic nitrogens is 2. The number of benzene rings is 2. The maximum atomic E-state index is 12.4. The lowest BCUT2D eigenvalue weighted by molar-refractivity contribution is 0.266. The second kappa shape index (κ2) is 10.5. The van der Waals surface area contributed by atoms with E-state index in [4.69, 9.17) is 16.3 Å². The van der Waals surface area contributed by atoms with Crippen molar-refractivity contribution in [1.82, 2.24) is 14.7 Å². The Morgan fingerprint density at radius 3 is 2.53 bits per heavy atom. The Kier molecular flexibility index (Phi) is 7.29. The van der Waals surface area contributed by atoms with Crippen molar-refractivity contribution in [1.29, 1.82) is 0 Å². The number of rotatable bonds is 8. The van der Waals surface area contributed by atoms with Crippen LogP contribution in [0, 0.1) is 0 Å². The van der Waals surface area contributed by atoms with Crippen molar-refractivity contribution in [3.63, 3.8) is 0 Å². The normalized spacial score (nSPS) is 14.4. The molecule has 1 N–H and O–H groups in total. The van der Waals surface area contributed by atoms with E-state index in [0.717, 1.165) is 56.3 Å². The zero-order valence-electron chi connectivity index (χ0n) is 18.2. The monoisotopic (exact) mass is 453 g/mol. The fourth-order valence-electron chi connectivity index (χ4n) is 3.81. The molecule has 0 radical (unpaired) electrons. The number of piperazine rings is 1. The van der Waals surface area contributed by atoms with Crippen LogP contribution in [0.2, 0.25) is 5.02 Å². The van der Waals surface area contributed by atoms with Gasteiger partial charge in [0.1, 0.15) is 18.0 Å². The average Bonchev–Trinajstić information content (AvgIpc) is 2.83. The summed E-state index contributed by atoms with van der Waals surface area (Å²) in [5.74, 6) is 0.851. The van der Waals surface area contributed by atoms with Crippen LogP contribution in [0.4, 0.5) is 11.4 Å². The third-order valence-electron chi connectivity index (χ3n) is 5.62. The molecule has 0 unspecified atom stereocenters. The summed E-state index contributed by atoms with van der Waals surface area (Å²) >= 11 is 6.25. The van der Waals surface area contributed by atoms with Gasteiger partial charge < -0.3 is 15.0 Å². The summed E-state index contributed by atoms with van der Waals surface area (Å²) in [6.07, 6.45) is 1.53. The summed E-state index contributed by atoms with van der Waals surface area (Å²) in [5, 5.41) is 7.89. The number of nitrogens with zero attached hydrogens (tertiary/aromatic N) is 4. The van der Waals surface area contributed by atoms with E-state index in [1.807, 2.05) is 42.5 Å². The maximum absolute atomic E-state index is 12.4. The van der Waals surface area contributed by atoms with Gasteiger partial charge in [-0.15, -0.1) is 0 Å². The summed E-state index contributed by atoms with van der Waals surface area (Å²) in [5.41, 5.74) is 2.53. The molecule has 4 rings (SSSR count). The number of hydrogen-bond donors (Lipinski definition) is 1. The highest BCUT2D eigenvalue weighted by Gasteiger charge is 2.22. The van der Waals surface area contributed by atoms with Crippen LogP contribution < -0.4 is 20.5 Å². The molecule has 0 saturated carbocycles. The van der Waals surface area contributed by atoms with Gasteiger partial charge in [0.2, 0.25) is 0 Å². The van der Waals surface area contributed by atoms with Crippen molar-refractivity contribution in [3.8, 4) is 5.75 Å². The Bertz CT molecular complexity index is 1080. The number of ether oxygens (including phenoxy) is 1. The molecule has 32 heavy (non-hydrogen) atoms. The summed E-state index contributed by atoms with van der Waals surface area (Å²) in [4.78, 5) is 16.9. The van der Waals surface area contributed by atoms with Gasteiger partial charge >= 0.3 is 0 Å². The molecular weight excluding hydrogens is 426 g/mol. The number of para-hydroxylation sites is 2. The van der Waals surface area contributed by atoms with Crippen molar-refractivity contribution in [2.75, 3.05) is 49.5 Å². The van der Waals surface area contributed by atoms with Crippen LogP contribution in [0.1, 0.15) is 5.56 Å². The predicted octanol–water partition coefficient (Wildman–Crippen LogP) is 3.25. The fourth-order valence-corrected chi connectivity index (χ4v) is 4.05. The largest absolute Gasteiger partial charge is 0.487 e. The lowest BCUT2D eigenvalue weighted by Crippen LogP contribution is -2.49. The van der Waals surface area contributed by atoms with Crippen molar-refractivity contribution >= 4 is 23.0 Å². The van der Waals surface area contributed by atoms with Gasteiger partial charge in [-0.1, -0.05) is 54.1 Å². The first-order chi connectivity index (χ1) is 15.6. The zero-order chi connectivity index (χ0) is 22.3. The van der Waals surface area contributed by atoms with Crippen molar-refractivity contribution < 1.29 is 4.74 Å². The van der Waals surface area contributed by atoms with Gasteiger partial charge in [0.05, 0.1) is 16.9 Å². The Balaban J connectivity index is 1.27. The molecule has 8 heteroatoms. The van der Waals surface area contributed by atoms with E-state index in [0.29, 0.717) is 17.3 Å². The number of aryl methyl sites for hydroxylation is 1. The SMILES string of the molecule is Cn1ncc(Cl)c(N2CCN(CCNc3ccccc3OCc3ccccc3)CC2)c1=O. The molecule has 2 aromatic carbocycles. The van der Waals surface area contributed by atoms with Crippen LogP contribution in [0.15, 0.2) is 65.6 Å². The van der Waals surface area contributed by atoms with Crippen LogP contribution in [-0.2, 0) is 13.7 Å². The van der Waals surface area contributed by atoms with Gasteiger partial charge in [-0.25, -0.2) is 4.68 Å². The fraction of sp³-hybridized carbons (Fsp3) is 0.333. The van der Waals surface area contributed by atoms with Crippen LogP contribution in [0.5, 0.6) is 5.75 Å². The quantitative estimate of drug-likeness (QED) is 0.565. The highest BCUT2D eigenvalue weighted by atomic mass is 35.5. The molecule has 7 nitrogen and oxygen atoms in total. The first kappa shape index (κ1) is 22.2. The Labute approximate surface area is 193 Å². The number of nitrogens with one attached hydrogen (secondary N) is 1. The molecule has 0 amide bonds. The lowest BCUT2D eigenvalue weighted by atomic mass is 10.2. The third kappa shape index (κ3) is 5.41. The molecular formula is C24H28ClN5O2. The summed E-state index contributed by atoms with van der Waals surface area (Å²) < 4.78 is 7.36. The van der Waals surface area contributed by atoms with Crippen molar-refractivity contribution in [3.05, 3.63) is 81.7 Å². The lowest BCUT2D eigenvalue weighted by Gasteiger charge is -2.36. The number of hydrogen-bond acceptors (Lipinski definition) is 6. The van der Waals surface area contributed by atoms with E-state index in [1.54, 1.807) is 7.05 Å². The highest BCUT2D eigenvalue weighted by Crippen LogP contribution is 2.25.